The molecule has 0 spiro atoms. The van der Waals surface area contributed by atoms with Crippen molar-refractivity contribution in [2.45, 2.75) is 19.1 Å². The van der Waals surface area contributed by atoms with Crippen LogP contribution in [-0.4, -0.2) is 51.4 Å². The zero-order chi connectivity index (χ0) is 14.5. The average Bonchev–Trinajstić information content (AvgIpc) is 2.44. The van der Waals surface area contributed by atoms with Crippen LogP contribution in [0.15, 0.2) is 22.7 Å². The molecular formula is C15H23BrN2O2. The Bertz CT molecular complexity index is 442. The van der Waals surface area contributed by atoms with Crippen LogP contribution in [0, 0.1) is 0 Å². The monoisotopic (exact) mass is 342 g/mol. The van der Waals surface area contributed by atoms with Crippen molar-refractivity contribution in [2.24, 2.45) is 0 Å². The first-order valence-electron chi connectivity index (χ1n) is 6.97. The van der Waals surface area contributed by atoms with Gasteiger partial charge in [0.05, 0.1) is 24.3 Å². The molecule has 0 aromatic heterocycles. The highest BCUT2D eigenvalue weighted by Crippen LogP contribution is 2.27. The fourth-order valence-corrected chi connectivity index (χ4v) is 2.93. The molecule has 1 heterocycles. The minimum absolute atomic E-state index is 0.276. The van der Waals surface area contributed by atoms with Crippen molar-refractivity contribution in [3.63, 3.8) is 0 Å². The molecule has 0 amide bonds. The largest absolute Gasteiger partial charge is 0.496 e. The Balaban J connectivity index is 1.88. The van der Waals surface area contributed by atoms with E-state index < -0.39 is 0 Å². The fraction of sp³-hybridized carbons (Fsp3) is 0.600. The highest BCUT2D eigenvalue weighted by Gasteiger charge is 2.18. The summed E-state index contributed by atoms with van der Waals surface area (Å²) in [4.78, 5) is 2.31. The van der Waals surface area contributed by atoms with Crippen LogP contribution >= 0.6 is 15.9 Å². The van der Waals surface area contributed by atoms with Crippen LogP contribution in [0.25, 0.3) is 0 Å². The van der Waals surface area contributed by atoms with Crippen LogP contribution in [-0.2, 0) is 4.74 Å². The Morgan fingerprint density at radius 3 is 3.00 bits per heavy atom. The molecule has 5 heteroatoms. The molecule has 1 N–H and O–H groups in total. The van der Waals surface area contributed by atoms with Crippen molar-refractivity contribution in [1.29, 1.82) is 0 Å². The molecule has 2 unspecified atom stereocenters. The lowest BCUT2D eigenvalue weighted by Gasteiger charge is -2.31. The van der Waals surface area contributed by atoms with E-state index in [1.54, 1.807) is 7.11 Å². The van der Waals surface area contributed by atoms with Crippen LogP contribution < -0.4 is 10.1 Å². The van der Waals surface area contributed by atoms with E-state index in [-0.39, 0.29) is 12.1 Å². The van der Waals surface area contributed by atoms with Gasteiger partial charge >= 0.3 is 0 Å². The molecule has 0 saturated carbocycles. The summed E-state index contributed by atoms with van der Waals surface area (Å²) in [7, 11) is 3.82. The number of nitrogens with zero attached hydrogens (tertiary/aromatic N) is 1. The molecule has 0 bridgehead atoms. The van der Waals surface area contributed by atoms with E-state index in [9.17, 15) is 0 Å². The molecule has 1 aromatic carbocycles. The summed E-state index contributed by atoms with van der Waals surface area (Å²) in [6, 6.07) is 6.47. The van der Waals surface area contributed by atoms with Gasteiger partial charge in [0.1, 0.15) is 5.75 Å². The summed E-state index contributed by atoms with van der Waals surface area (Å²) in [6.07, 6.45) is 0.276. The van der Waals surface area contributed by atoms with Gasteiger partial charge in [-0.3, -0.25) is 0 Å². The predicted molar refractivity (Wildman–Crippen MR) is 84.3 cm³/mol. The summed E-state index contributed by atoms with van der Waals surface area (Å²) in [6.45, 7) is 5.88. The molecule has 1 fully saturated rings. The second-order valence-electron chi connectivity index (χ2n) is 5.28. The summed E-state index contributed by atoms with van der Waals surface area (Å²) in [5.74, 6) is 0.859. The Kier molecular flexibility index (Phi) is 5.84. The van der Waals surface area contributed by atoms with E-state index in [1.165, 1.54) is 5.56 Å². The molecule has 1 saturated heterocycles. The Morgan fingerprint density at radius 2 is 2.35 bits per heavy atom. The normalized spacial score (nSPS) is 21.7. The minimum atomic E-state index is 0.276. The zero-order valence-electron chi connectivity index (χ0n) is 12.4. The standard InChI is InChI=1S/C15H23BrN2O2/c1-11(12-4-5-15(19-3)14(16)8-12)17-9-13-10-18(2)6-7-20-13/h4-5,8,11,13,17H,6-7,9-10H2,1-3H3. The topological polar surface area (TPSA) is 33.7 Å². The number of halogens is 1. The van der Waals surface area contributed by atoms with Gasteiger partial charge in [-0.2, -0.15) is 0 Å². The summed E-state index contributed by atoms with van der Waals surface area (Å²) in [5, 5.41) is 3.54. The van der Waals surface area contributed by atoms with Crippen molar-refractivity contribution in [3.05, 3.63) is 28.2 Å². The fourth-order valence-electron chi connectivity index (χ4n) is 2.37. The first kappa shape index (κ1) is 15.8. The zero-order valence-corrected chi connectivity index (χ0v) is 13.9. The lowest BCUT2D eigenvalue weighted by atomic mass is 10.1. The smallest absolute Gasteiger partial charge is 0.133 e. The van der Waals surface area contributed by atoms with E-state index in [0.29, 0.717) is 0 Å². The van der Waals surface area contributed by atoms with Crippen molar-refractivity contribution in [2.75, 3.05) is 40.4 Å². The van der Waals surface area contributed by atoms with Gasteiger partial charge in [-0.1, -0.05) is 6.07 Å². The van der Waals surface area contributed by atoms with Crippen LogP contribution in [0.3, 0.4) is 0 Å². The first-order chi connectivity index (χ1) is 9.60. The van der Waals surface area contributed by atoms with Crippen molar-refractivity contribution in [1.82, 2.24) is 10.2 Å². The van der Waals surface area contributed by atoms with E-state index >= 15 is 0 Å². The van der Waals surface area contributed by atoms with Gasteiger partial charge in [0, 0.05) is 25.7 Å². The molecule has 20 heavy (non-hydrogen) atoms. The number of nitrogens with one attached hydrogen (secondary N) is 1. The number of hydrogen-bond acceptors (Lipinski definition) is 4. The summed E-state index contributed by atoms with van der Waals surface area (Å²) < 4.78 is 12.0. The highest BCUT2D eigenvalue weighted by molar-refractivity contribution is 9.10. The molecule has 2 atom stereocenters. The van der Waals surface area contributed by atoms with Crippen LogP contribution in [0.2, 0.25) is 0 Å². The van der Waals surface area contributed by atoms with Gasteiger partial charge in [-0.25, -0.2) is 0 Å². The molecule has 0 radical (unpaired) electrons. The summed E-state index contributed by atoms with van der Waals surface area (Å²) >= 11 is 3.53. The van der Waals surface area contributed by atoms with E-state index in [2.05, 4.69) is 52.3 Å². The molecule has 1 aliphatic rings. The minimum Gasteiger partial charge on any atom is -0.496 e. The molecular weight excluding hydrogens is 320 g/mol. The third-order valence-corrected chi connectivity index (χ3v) is 4.29. The lowest BCUT2D eigenvalue weighted by Crippen LogP contribution is -2.45. The number of ether oxygens (including phenoxy) is 2. The second-order valence-corrected chi connectivity index (χ2v) is 6.13. The lowest BCUT2D eigenvalue weighted by molar-refractivity contribution is -0.0190. The van der Waals surface area contributed by atoms with Crippen LogP contribution in [0.1, 0.15) is 18.5 Å². The molecule has 1 aromatic rings. The second kappa shape index (κ2) is 7.41. The number of hydrogen-bond donors (Lipinski definition) is 1. The maximum Gasteiger partial charge on any atom is 0.133 e. The van der Waals surface area contributed by atoms with E-state index in [0.717, 1.165) is 36.5 Å². The number of likely N-dealkylation sites (N-methyl/N-ethyl adjacent to an activating group) is 1. The van der Waals surface area contributed by atoms with Crippen LogP contribution in [0.4, 0.5) is 0 Å². The first-order valence-corrected chi connectivity index (χ1v) is 7.76. The van der Waals surface area contributed by atoms with Crippen LogP contribution in [0.5, 0.6) is 5.75 Å². The quantitative estimate of drug-likeness (QED) is 0.891. The average molecular weight is 343 g/mol. The van der Waals surface area contributed by atoms with E-state index in [4.69, 9.17) is 9.47 Å². The molecule has 112 valence electrons. The molecule has 2 rings (SSSR count). The van der Waals surface area contributed by atoms with Crippen molar-refractivity contribution in [3.8, 4) is 5.75 Å². The van der Waals surface area contributed by atoms with Gasteiger partial charge in [0.2, 0.25) is 0 Å². The van der Waals surface area contributed by atoms with Crippen molar-refractivity contribution >= 4 is 15.9 Å². The number of rotatable bonds is 5. The number of benzene rings is 1. The molecule has 4 nitrogen and oxygen atoms in total. The number of morpholine rings is 1. The third-order valence-electron chi connectivity index (χ3n) is 3.67. The van der Waals surface area contributed by atoms with Gasteiger partial charge in [0.15, 0.2) is 0 Å². The highest BCUT2D eigenvalue weighted by atomic mass is 79.9. The maximum absolute atomic E-state index is 5.76. The molecule has 0 aliphatic carbocycles. The van der Waals surface area contributed by atoms with Gasteiger partial charge in [-0.15, -0.1) is 0 Å². The van der Waals surface area contributed by atoms with Gasteiger partial charge < -0.3 is 19.7 Å². The Labute approximate surface area is 129 Å². The predicted octanol–water partition coefficient (Wildman–Crippen LogP) is 2.44. The molecule has 1 aliphatic heterocycles. The Morgan fingerprint density at radius 1 is 1.55 bits per heavy atom. The van der Waals surface area contributed by atoms with Gasteiger partial charge in [0.25, 0.3) is 0 Å². The van der Waals surface area contributed by atoms with Gasteiger partial charge in [-0.05, 0) is 47.6 Å². The SMILES string of the molecule is COc1ccc(C(C)NCC2CN(C)CCO2)cc1Br. The number of methoxy groups -OCH3 is 1. The van der Waals surface area contributed by atoms with E-state index in [1.807, 2.05) is 6.07 Å². The summed E-state index contributed by atoms with van der Waals surface area (Å²) in [5.41, 5.74) is 1.24. The van der Waals surface area contributed by atoms with Crippen molar-refractivity contribution < 1.29 is 9.47 Å². The maximum atomic E-state index is 5.76. The Hall–Kier alpha value is -0.620. The third kappa shape index (κ3) is 4.19.